The van der Waals surface area contributed by atoms with Gasteiger partial charge >= 0.3 is 5.97 Å². The minimum Gasteiger partial charge on any atom is -0.481 e. The molecule has 1 aromatic rings. The molecule has 17 heavy (non-hydrogen) atoms. The predicted molar refractivity (Wildman–Crippen MR) is 65.2 cm³/mol. The van der Waals surface area contributed by atoms with Crippen LogP contribution in [0, 0.1) is 5.92 Å². The molecule has 1 rings (SSSR count). The SMILES string of the molecule is CC(NC(=O)c1ccc(Cl)cc1)C(C)C(=O)O. The molecule has 5 heteroatoms. The number of carboxylic acids is 1. The number of hydrogen-bond donors (Lipinski definition) is 2. The summed E-state index contributed by atoms with van der Waals surface area (Å²) in [5.41, 5.74) is 0.457. The molecule has 0 heterocycles. The van der Waals surface area contributed by atoms with Gasteiger partial charge in [0.15, 0.2) is 0 Å². The van der Waals surface area contributed by atoms with E-state index in [-0.39, 0.29) is 5.91 Å². The summed E-state index contributed by atoms with van der Waals surface area (Å²) in [5, 5.41) is 12.0. The molecule has 0 saturated carbocycles. The van der Waals surface area contributed by atoms with Crippen molar-refractivity contribution in [2.24, 2.45) is 5.92 Å². The quantitative estimate of drug-likeness (QED) is 0.867. The third kappa shape index (κ3) is 3.75. The standard InChI is InChI=1S/C12H14ClNO3/c1-7(12(16)17)8(2)14-11(15)9-3-5-10(13)6-4-9/h3-8H,1-2H3,(H,14,15)(H,16,17). The number of carbonyl (C=O) groups is 2. The van der Waals surface area contributed by atoms with Crippen molar-refractivity contribution >= 4 is 23.5 Å². The molecule has 0 spiro atoms. The van der Waals surface area contributed by atoms with Crippen molar-refractivity contribution in [2.75, 3.05) is 0 Å². The second-order valence-electron chi connectivity index (χ2n) is 3.90. The molecule has 0 fully saturated rings. The first kappa shape index (κ1) is 13.5. The molecule has 0 aliphatic rings. The van der Waals surface area contributed by atoms with Crippen molar-refractivity contribution in [1.82, 2.24) is 5.32 Å². The Balaban J connectivity index is 2.66. The second-order valence-corrected chi connectivity index (χ2v) is 4.33. The van der Waals surface area contributed by atoms with E-state index in [0.29, 0.717) is 10.6 Å². The lowest BCUT2D eigenvalue weighted by Crippen LogP contribution is -2.40. The Morgan fingerprint density at radius 3 is 2.24 bits per heavy atom. The van der Waals surface area contributed by atoms with Crippen LogP contribution in [0.1, 0.15) is 24.2 Å². The smallest absolute Gasteiger partial charge is 0.308 e. The fourth-order valence-corrected chi connectivity index (χ4v) is 1.36. The van der Waals surface area contributed by atoms with Gasteiger partial charge in [-0.1, -0.05) is 11.6 Å². The van der Waals surface area contributed by atoms with Gasteiger partial charge in [0.2, 0.25) is 0 Å². The summed E-state index contributed by atoms with van der Waals surface area (Å²) in [6.07, 6.45) is 0. The van der Waals surface area contributed by atoms with Gasteiger partial charge in [0, 0.05) is 16.6 Å². The van der Waals surface area contributed by atoms with Crippen molar-refractivity contribution in [1.29, 1.82) is 0 Å². The number of rotatable bonds is 4. The van der Waals surface area contributed by atoms with Crippen molar-refractivity contribution in [3.05, 3.63) is 34.9 Å². The molecule has 2 unspecified atom stereocenters. The molecule has 1 aromatic carbocycles. The maximum absolute atomic E-state index is 11.7. The van der Waals surface area contributed by atoms with Crippen LogP contribution >= 0.6 is 11.6 Å². The zero-order valence-electron chi connectivity index (χ0n) is 9.61. The highest BCUT2D eigenvalue weighted by Crippen LogP contribution is 2.10. The monoisotopic (exact) mass is 255 g/mol. The van der Waals surface area contributed by atoms with E-state index in [9.17, 15) is 9.59 Å². The highest BCUT2D eigenvalue weighted by atomic mass is 35.5. The Kier molecular flexibility index (Phi) is 4.52. The first-order valence-electron chi connectivity index (χ1n) is 5.21. The zero-order chi connectivity index (χ0) is 13.0. The molecule has 0 aliphatic carbocycles. The van der Waals surface area contributed by atoms with E-state index in [2.05, 4.69) is 5.32 Å². The van der Waals surface area contributed by atoms with Crippen LogP contribution in [-0.4, -0.2) is 23.0 Å². The normalized spacial score (nSPS) is 13.8. The van der Waals surface area contributed by atoms with Crippen molar-refractivity contribution in [2.45, 2.75) is 19.9 Å². The minimum atomic E-state index is -0.936. The molecule has 1 amide bonds. The van der Waals surface area contributed by atoms with Crippen LogP contribution in [0.2, 0.25) is 5.02 Å². The summed E-state index contributed by atoms with van der Waals surface area (Å²) in [6.45, 7) is 3.21. The molecule has 0 saturated heterocycles. The van der Waals surface area contributed by atoms with E-state index in [1.54, 1.807) is 38.1 Å². The number of halogens is 1. The molecule has 0 aliphatic heterocycles. The number of carbonyl (C=O) groups excluding carboxylic acids is 1. The van der Waals surface area contributed by atoms with Gasteiger partial charge in [-0.05, 0) is 38.1 Å². The average molecular weight is 256 g/mol. The van der Waals surface area contributed by atoms with E-state index in [1.165, 1.54) is 0 Å². The molecule has 2 atom stereocenters. The third-order valence-electron chi connectivity index (χ3n) is 2.60. The molecule has 92 valence electrons. The lowest BCUT2D eigenvalue weighted by Gasteiger charge is -2.17. The van der Waals surface area contributed by atoms with Crippen molar-refractivity contribution in [3.8, 4) is 0 Å². The van der Waals surface area contributed by atoms with Gasteiger partial charge in [0.05, 0.1) is 5.92 Å². The number of hydrogen-bond acceptors (Lipinski definition) is 2. The van der Waals surface area contributed by atoms with Crippen LogP contribution < -0.4 is 5.32 Å². The predicted octanol–water partition coefficient (Wildman–Crippen LogP) is 2.18. The largest absolute Gasteiger partial charge is 0.481 e. The Morgan fingerprint density at radius 2 is 1.76 bits per heavy atom. The van der Waals surface area contributed by atoms with E-state index >= 15 is 0 Å². The highest BCUT2D eigenvalue weighted by Gasteiger charge is 2.21. The maximum atomic E-state index is 11.7. The first-order valence-corrected chi connectivity index (χ1v) is 5.59. The Labute approximate surface area is 105 Å². The molecule has 0 radical (unpaired) electrons. The Morgan fingerprint density at radius 1 is 1.24 bits per heavy atom. The van der Waals surface area contributed by atoms with E-state index in [1.807, 2.05) is 0 Å². The summed E-state index contributed by atoms with van der Waals surface area (Å²) >= 11 is 5.70. The fourth-order valence-electron chi connectivity index (χ4n) is 1.23. The molecule has 4 nitrogen and oxygen atoms in total. The van der Waals surface area contributed by atoms with Crippen molar-refractivity contribution < 1.29 is 14.7 Å². The Bertz CT molecular complexity index is 416. The number of nitrogens with one attached hydrogen (secondary N) is 1. The van der Waals surface area contributed by atoms with Crippen LogP contribution in [0.4, 0.5) is 0 Å². The van der Waals surface area contributed by atoms with Gasteiger partial charge in [-0.2, -0.15) is 0 Å². The molecular weight excluding hydrogens is 242 g/mol. The van der Waals surface area contributed by atoms with Crippen LogP contribution in [0.5, 0.6) is 0 Å². The highest BCUT2D eigenvalue weighted by molar-refractivity contribution is 6.30. The van der Waals surface area contributed by atoms with Gasteiger partial charge in [-0.15, -0.1) is 0 Å². The first-order chi connectivity index (χ1) is 7.91. The summed E-state index contributed by atoms with van der Waals surface area (Å²) in [6, 6.07) is 5.98. The summed E-state index contributed by atoms with van der Waals surface area (Å²) in [4.78, 5) is 22.5. The van der Waals surface area contributed by atoms with Gasteiger partial charge in [0.1, 0.15) is 0 Å². The van der Waals surface area contributed by atoms with E-state index in [4.69, 9.17) is 16.7 Å². The van der Waals surface area contributed by atoms with Gasteiger partial charge in [-0.3, -0.25) is 9.59 Å². The molecular formula is C12H14ClNO3. The fraction of sp³-hybridized carbons (Fsp3) is 0.333. The van der Waals surface area contributed by atoms with E-state index < -0.39 is 17.9 Å². The Hall–Kier alpha value is -1.55. The summed E-state index contributed by atoms with van der Waals surface area (Å²) < 4.78 is 0. The topological polar surface area (TPSA) is 66.4 Å². The van der Waals surface area contributed by atoms with Gasteiger partial charge in [0.25, 0.3) is 5.91 Å². The molecule has 2 N–H and O–H groups in total. The lowest BCUT2D eigenvalue weighted by molar-refractivity contribution is -0.141. The average Bonchev–Trinajstić information content (AvgIpc) is 2.28. The van der Waals surface area contributed by atoms with Crippen LogP contribution in [0.15, 0.2) is 24.3 Å². The van der Waals surface area contributed by atoms with Crippen LogP contribution in [-0.2, 0) is 4.79 Å². The third-order valence-corrected chi connectivity index (χ3v) is 2.86. The minimum absolute atomic E-state index is 0.303. The number of benzene rings is 1. The molecule has 0 bridgehead atoms. The molecule has 0 aromatic heterocycles. The maximum Gasteiger partial charge on any atom is 0.308 e. The lowest BCUT2D eigenvalue weighted by atomic mass is 10.0. The number of amides is 1. The number of carboxylic acid groups (broad SMARTS) is 1. The second kappa shape index (κ2) is 5.68. The van der Waals surface area contributed by atoms with Crippen LogP contribution in [0.3, 0.4) is 0 Å². The number of aliphatic carboxylic acids is 1. The van der Waals surface area contributed by atoms with E-state index in [0.717, 1.165) is 0 Å². The van der Waals surface area contributed by atoms with Gasteiger partial charge < -0.3 is 10.4 Å². The van der Waals surface area contributed by atoms with Crippen LogP contribution in [0.25, 0.3) is 0 Å². The van der Waals surface area contributed by atoms with Crippen molar-refractivity contribution in [3.63, 3.8) is 0 Å². The zero-order valence-corrected chi connectivity index (χ0v) is 10.4. The summed E-state index contributed by atoms with van der Waals surface area (Å²) in [5.74, 6) is -1.87. The summed E-state index contributed by atoms with van der Waals surface area (Å²) in [7, 11) is 0. The van der Waals surface area contributed by atoms with Gasteiger partial charge in [-0.25, -0.2) is 0 Å².